The number of anilines is 2. The minimum absolute atomic E-state index is 0.0148. The zero-order chi connectivity index (χ0) is 13.0. The average molecular weight is 243 g/mol. The molecule has 4 nitrogen and oxygen atoms in total. The van der Waals surface area contributed by atoms with E-state index in [1.165, 1.54) is 0 Å². The Morgan fingerprint density at radius 1 is 1.22 bits per heavy atom. The van der Waals surface area contributed by atoms with Gasteiger partial charge in [0.1, 0.15) is 5.82 Å². The lowest BCUT2D eigenvalue weighted by Gasteiger charge is -2.18. The smallest absolute Gasteiger partial charge is 0.150 e. The van der Waals surface area contributed by atoms with E-state index in [-0.39, 0.29) is 12.6 Å². The number of nitrogens with two attached hydrogens (primary N) is 1. The molecule has 0 bridgehead atoms. The Bertz CT molecular complexity index is 514. The second kappa shape index (κ2) is 5.51. The van der Waals surface area contributed by atoms with E-state index >= 15 is 0 Å². The number of aliphatic hydroxyl groups is 1. The van der Waals surface area contributed by atoms with Crippen LogP contribution in [-0.2, 0) is 0 Å². The summed E-state index contributed by atoms with van der Waals surface area (Å²) < 4.78 is 0. The van der Waals surface area contributed by atoms with Gasteiger partial charge in [-0.1, -0.05) is 30.3 Å². The highest BCUT2D eigenvalue weighted by Crippen LogP contribution is 2.22. The van der Waals surface area contributed by atoms with E-state index in [2.05, 4.69) is 10.3 Å². The first-order chi connectivity index (χ1) is 8.70. The topological polar surface area (TPSA) is 71.2 Å². The van der Waals surface area contributed by atoms with Gasteiger partial charge < -0.3 is 16.2 Å². The minimum atomic E-state index is -0.206. The van der Waals surface area contributed by atoms with Crippen LogP contribution in [0.2, 0.25) is 0 Å². The monoisotopic (exact) mass is 243 g/mol. The summed E-state index contributed by atoms with van der Waals surface area (Å²) in [5.74, 6) is 0.609. The molecule has 1 atom stereocenters. The summed E-state index contributed by atoms with van der Waals surface area (Å²) in [4.78, 5) is 4.34. The molecule has 0 radical (unpaired) electrons. The van der Waals surface area contributed by atoms with Crippen LogP contribution in [0, 0.1) is 6.92 Å². The van der Waals surface area contributed by atoms with Crippen molar-refractivity contribution in [2.45, 2.75) is 13.0 Å². The molecule has 0 fully saturated rings. The van der Waals surface area contributed by atoms with Crippen LogP contribution in [0.25, 0.3) is 0 Å². The molecule has 2 aromatic rings. The molecule has 0 aliphatic carbocycles. The van der Waals surface area contributed by atoms with Crippen LogP contribution in [0.5, 0.6) is 0 Å². The van der Waals surface area contributed by atoms with Crippen molar-refractivity contribution in [2.75, 3.05) is 17.7 Å². The summed E-state index contributed by atoms with van der Waals surface area (Å²) in [6, 6.07) is 13.2. The summed E-state index contributed by atoms with van der Waals surface area (Å²) in [5, 5.41) is 12.6. The maximum atomic E-state index is 9.47. The summed E-state index contributed by atoms with van der Waals surface area (Å²) >= 11 is 0. The van der Waals surface area contributed by atoms with Crippen LogP contribution in [0.4, 0.5) is 11.5 Å². The van der Waals surface area contributed by atoms with Crippen LogP contribution in [-0.4, -0.2) is 16.7 Å². The van der Waals surface area contributed by atoms with E-state index in [0.29, 0.717) is 11.5 Å². The Balaban J connectivity index is 2.23. The number of aryl methyl sites for hydroxylation is 1. The molecule has 1 aromatic heterocycles. The molecule has 94 valence electrons. The molecule has 0 saturated carbocycles. The number of hydrogen-bond donors (Lipinski definition) is 3. The maximum absolute atomic E-state index is 9.47. The van der Waals surface area contributed by atoms with Crippen molar-refractivity contribution in [1.29, 1.82) is 0 Å². The lowest BCUT2D eigenvalue weighted by Crippen LogP contribution is -2.16. The first-order valence-corrected chi connectivity index (χ1v) is 5.86. The number of aromatic nitrogens is 1. The Morgan fingerprint density at radius 2 is 1.94 bits per heavy atom. The van der Waals surface area contributed by atoms with Crippen LogP contribution in [0.15, 0.2) is 42.5 Å². The standard InChI is InChI=1S/C14H17N3O/c1-10-7-8-12(15)14(16-10)17-13(9-18)11-5-3-2-4-6-11/h2-8,13,18H,9,15H2,1H3,(H,16,17). The Hall–Kier alpha value is -2.07. The van der Waals surface area contributed by atoms with Crippen molar-refractivity contribution in [3.63, 3.8) is 0 Å². The third-order valence-corrected chi connectivity index (χ3v) is 2.76. The summed E-state index contributed by atoms with van der Waals surface area (Å²) in [5.41, 5.74) is 8.33. The molecule has 0 spiro atoms. The summed E-state index contributed by atoms with van der Waals surface area (Å²) in [6.07, 6.45) is 0. The van der Waals surface area contributed by atoms with Gasteiger partial charge in [-0.2, -0.15) is 0 Å². The zero-order valence-corrected chi connectivity index (χ0v) is 10.3. The van der Waals surface area contributed by atoms with Crippen LogP contribution in [0.3, 0.4) is 0 Å². The maximum Gasteiger partial charge on any atom is 0.150 e. The largest absolute Gasteiger partial charge is 0.396 e. The molecule has 0 saturated heterocycles. The number of nitrogens with zero attached hydrogens (tertiary/aromatic N) is 1. The third-order valence-electron chi connectivity index (χ3n) is 2.76. The molecule has 1 unspecified atom stereocenters. The average Bonchev–Trinajstić information content (AvgIpc) is 2.41. The third kappa shape index (κ3) is 2.78. The zero-order valence-electron chi connectivity index (χ0n) is 10.3. The fourth-order valence-electron chi connectivity index (χ4n) is 1.77. The highest BCUT2D eigenvalue weighted by atomic mass is 16.3. The lowest BCUT2D eigenvalue weighted by molar-refractivity contribution is 0.276. The highest BCUT2D eigenvalue weighted by Gasteiger charge is 2.12. The number of pyridine rings is 1. The van der Waals surface area contributed by atoms with Crippen LogP contribution in [0.1, 0.15) is 17.3 Å². The Labute approximate surface area is 106 Å². The van der Waals surface area contributed by atoms with Crippen molar-refractivity contribution >= 4 is 11.5 Å². The predicted octanol–water partition coefficient (Wildman–Crippen LogP) is 2.12. The molecular formula is C14H17N3O. The first kappa shape index (κ1) is 12.4. The van der Waals surface area contributed by atoms with Gasteiger partial charge in [0.15, 0.2) is 0 Å². The van der Waals surface area contributed by atoms with Crippen molar-refractivity contribution < 1.29 is 5.11 Å². The van der Waals surface area contributed by atoms with Gasteiger partial charge in [0.2, 0.25) is 0 Å². The normalized spacial score (nSPS) is 12.1. The number of aliphatic hydroxyl groups excluding tert-OH is 1. The van der Waals surface area contributed by atoms with Crippen molar-refractivity contribution in [1.82, 2.24) is 4.98 Å². The van der Waals surface area contributed by atoms with Gasteiger partial charge in [0, 0.05) is 5.69 Å². The van der Waals surface area contributed by atoms with E-state index in [1.54, 1.807) is 0 Å². The van der Waals surface area contributed by atoms with Crippen LogP contribution < -0.4 is 11.1 Å². The number of hydrogen-bond acceptors (Lipinski definition) is 4. The van der Waals surface area contributed by atoms with Gasteiger partial charge in [-0.15, -0.1) is 0 Å². The summed E-state index contributed by atoms with van der Waals surface area (Å²) in [6.45, 7) is 1.89. The molecule has 0 amide bonds. The SMILES string of the molecule is Cc1ccc(N)c(NC(CO)c2ccccc2)n1. The second-order valence-electron chi connectivity index (χ2n) is 4.18. The van der Waals surface area contributed by atoms with Crippen molar-refractivity contribution in [2.24, 2.45) is 0 Å². The van der Waals surface area contributed by atoms with E-state index in [0.717, 1.165) is 11.3 Å². The molecular weight excluding hydrogens is 226 g/mol. The first-order valence-electron chi connectivity index (χ1n) is 5.86. The molecule has 18 heavy (non-hydrogen) atoms. The van der Waals surface area contributed by atoms with Gasteiger partial charge in [-0.05, 0) is 24.6 Å². The lowest BCUT2D eigenvalue weighted by atomic mass is 10.1. The number of nitrogen functional groups attached to an aromatic ring is 1. The van der Waals surface area contributed by atoms with Gasteiger partial charge in [0.25, 0.3) is 0 Å². The van der Waals surface area contributed by atoms with E-state index in [1.807, 2.05) is 49.4 Å². The molecule has 2 rings (SSSR count). The number of nitrogens with one attached hydrogen (secondary N) is 1. The molecule has 1 aromatic carbocycles. The van der Waals surface area contributed by atoms with Gasteiger partial charge in [-0.25, -0.2) is 4.98 Å². The minimum Gasteiger partial charge on any atom is -0.396 e. The molecule has 0 aliphatic heterocycles. The molecule has 1 heterocycles. The van der Waals surface area contributed by atoms with Crippen molar-refractivity contribution in [3.8, 4) is 0 Å². The fourth-order valence-corrected chi connectivity index (χ4v) is 1.77. The van der Waals surface area contributed by atoms with Gasteiger partial charge in [0.05, 0.1) is 18.3 Å². The van der Waals surface area contributed by atoms with E-state index in [4.69, 9.17) is 5.73 Å². The number of rotatable bonds is 4. The Kier molecular flexibility index (Phi) is 3.79. The summed E-state index contributed by atoms with van der Waals surface area (Å²) in [7, 11) is 0. The molecule has 0 aliphatic rings. The quantitative estimate of drug-likeness (QED) is 0.769. The second-order valence-corrected chi connectivity index (χ2v) is 4.18. The van der Waals surface area contributed by atoms with E-state index < -0.39 is 0 Å². The predicted molar refractivity (Wildman–Crippen MR) is 73.3 cm³/mol. The van der Waals surface area contributed by atoms with Crippen LogP contribution >= 0.6 is 0 Å². The van der Waals surface area contributed by atoms with Crippen molar-refractivity contribution in [3.05, 3.63) is 53.7 Å². The number of benzene rings is 1. The fraction of sp³-hybridized carbons (Fsp3) is 0.214. The highest BCUT2D eigenvalue weighted by molar-refractivity contribution is 5.62. The van der Waals surface area contributed by atoms with Gasteiger partial charge in [-0.3, -0.25) is 0 Å². The molecule has 4 heteroatoms. The van der Waals surface area contributed by atoms with E-state index in [9.17, 15) is 5.11 Å². The van der Waals surface area contributed by atoms with Gasteiger partial charge >= 0.3 is 0 Å². The Morgan fingerprint density at radius 3 is 2.61 bits per heavy atom. The molecule has 4 N–H and O–H groups in total.